The first-order valence-electron chi connectivity index (χ1n) is 6.67. The van der Waals surface area contributed by atoms with Crippen molar-refractivity contribution in [3.05, 3.63) is 25.7 Å². The van der Waals surface area contributed by atoms with Crippen LogP contribution in [-0.2, 0) is 6.42 Å². The maximum Gasteiger partial charge on any atom is 0.194 e. The molecule has 1 N–H and O–H groups in total. The summed E-state index contributed by atoms with van der Waals surface area (Å²) in [6.45, 7) is 6.49. The van der Waals surface area contributed by atoms with E-state index in [1.807, 2.05) is 6.07 Å². The normalized spacial score (nSPS) is 11.4. The average Bonchev–Trinajstić information content (AvgIpc) is 2.95. The zero-order valence-electron chi connectivity index (χ0n) is 11.6. The maximum atomic E-state index is 5.81. The van der Waals surface area contributed by atoms with Crippen LogP contribution in [0.2, 0.25) is 0 Å². The Morgan fingerprint density at radius 3 is 2.85 bits per heavy atom. The Labute approximate surface area is 140 Å². The van der Waals surface area contributed by atoms with Crippen LogP contribution >= 0.6 is 43.2 Å². The molecule has 0 fully saturated rings. The molecular formula is C14H18Br2N2OS. The Hall–Kier alpha value is -0.170. The molecule has 0 saturated heterocycles. The number of oxazole rings is 1. The van der Waals surface area contributed by atoms with E-state index in [1.165, 1.54) is 0 Å². The van der Waals surface area contributed by atoms with Crippen LogP contribution in [0.4, 0.5) is 0 Å². The lowest BCUT2D eigenvalue weighted by molar-refractivity contribution is 0.483. The minimum absolute atomic E-state index is 0.692. The van der Waals surface area contributed by atoms with Gasteiger partial charge in [0.05, 0.1) is 13.8 Å². The van der Waals surface area contributed by atoms with Crippen LogP contribution in [0.15, 0.2) is 24.3 Å². The molecule has 2 aromatic rings. The summed E-state index contributed by atoms with van der Waals surface area (Å²) in [6.07, 6.45) is 3.71. The number of nitrogens with one attached hydrogen (secondary N) is 1. The number of thiophene rings is 1. The van der Waals surface area contributed by atoms with Crippen LogP contribution in [0.25, 0.3) is 11.3 Å². The van der Waals surface area contributed by atoms with Gasteiger partial charge in [0.2, 0.25) is 0 Å². The summed E-state index contributed by atoms with van der Waals surface area (Å²) in [7, 11) is 0. The Bertz CT molecular complexity index is 551. The zero-order chi connectivity index (χ0) is 14.5. The number of aromatic nitrogens is 1. The summed E-state index contributed by atoms with van der Waals surface area (Å²) >= 11 is 8.65. The van der Waals surface area contributed by atoms with Crippen LogP contribution in [0.3, 0.4) is 0 Å². The molecule has 0 aliphatic rings. The first-order chi connectivity index (χ1) is 9.56. The summed E-state index contributed by atoms with van der Waals surface area (Å²) in [6, 6.07) is 2.04. The lowest BCUT2D eigenvalue weighted by Gasteiger charge is -2.05. The van der Waals surface area contributed by atoms with E-state index in [0.29, 0.717) is 5.92 Å². The van der Waals surface area contributed by atoms with E-state index >= 15 is 0 Å². The summed E-state index contributed by atoms with van der Waals surface area (Å²) in [4.78, 5) is 4.35. The second-order valence-electron chi connectivity index (χ2n) is 5.06. The van der Waals surface area contributed by atoms with E-state index in [1.54, 1.807) is 17.5 Å². The largest absolute Gasteiger partial charge is 0.441 e. The third-order valence-electron chi connectivity index (χ3n) is 2.77. The molecule has 0 unspecified atom stereocenters. The molecule has 0 aliphatic heterocycles. The fourth-order valence-electron chi connectivity index (χ4n) is 1.81. The SMILES string of the molecule is CC(C)CNCCCc1ncc(-c2cc(Br)sc2Br)o1. The molecule has 2 rings (SSSR count). The molecule has 0 aliphatic carbocycles. The van der Waals surface area contributed by atoms with Gasteiger partial charge >= 0.3 is 0 Å². The van der Waals surface area contributed by atoms with Crippen molar-refractivity contribution in [2.75, 3.05) is 13.1 Å². The molecule has 0 spiro atoms. The Kier molecular flexibility index (Phi) is 6.26. The minimum atomic E-state index is 0.692. The summed E-state index contributed by atoms with van der Waals surface area (Å²) in [5.74, 6) is 2.32. The van der Waals surface area contributed by atoms with E-state index < -0.39 is 0 Å². The lowest BCUT2D eigenvalue weighted by atomic mass is 10.2. The maximum absolute atomic E-state index is 5.81. The first-order valence-corrected chi connectivity index (χ1v) is 9.07. The molecule has 110 valence electrons. The molecule has 6 heteroatoms. The van der Waals surface area contributed by atoms with Crippen LogP contribution in [0, 0.1) is 5.92 Å². The van der Waals surface area contributed by atoms with Crippen LogP contribution < -0.4 is 5.32 Å². The van der Waals surface area contributed by atoms with Crippen molar-refractivity contribution >= 4 is 43.2 Å². The standard InChI is InChI=1S/C14H18Br2N2OS/c1-9(2)7-17-5-3-4-13-18-8-11(19-13)10-6-12(15)20-14(10)16/h6,8-9,17H,3-5,7H2,1-2H3. The predicted octanol–water partition coefficient (Wildman–Crippen LogP) is 5.11. The summed E-state index contributed by atoms with van der Waals surface area (Å²) in [5, 5.41) is 3.42. The summed E-state index contributed by atoms with van der Waals surface area (Å²) < 4.78 is 7.95. The van der Waals surface area contributed by atoms with Crippen molar-refractivity contribution in [3.63, 3.8) is 0 Å². The third-order valence-corrected chi connectivity index (χ3v) is 5.11. The molecule has 2 heterocycles. The van der Waals surface area contributed by atoms with Gasteiger partial charge in [0, 0.05) is 12.0 Å². The Morgan fingerprint density at radius 2 is 2.20 bits per heavy atom. The fourth-order valence-corrected chi connectivity index (χ4v) is 4.63. The van der Waals surface area contributed by atoms with E-state index in [4.69, 9.17) is 4.42 Å². The molecule has 20 heavy (non-hydrogen) atoms. The monoisotopic (exact) mass is 420 g/mol. The first kappa shape index (κ1) is 16.2. The molecule has 3 nitrogen and oxygen atoms in total. The van der Waals surface area contributed by atoms with Gasteiger partial charge in [0.1, 0.15) is 0 Å². The highest BCUT2D eigenvalue weighted by molar-refractivity contribution is 9.12. The van der Waals surface area contributed by atoms with Crippen LogP contribution in [0.1, 0.15) is 26.2 Å². The van der Waals surface area contributed by atoms with Gasteiger partial charge in [0.15, 0.2) is 11.7 Å². The highest BCUT2D eigenvalue weighted by atomic mass is 79.9. The van der Waals surface area contributed by atoms with Crippen LogP contribution in [-0.4, -0.2) is 18.1 Å². The van der Waals surface area contributed by atoms with Gasteiger partial charge in [0.25, 0.3) is 0 Å². The quantitative estimate of drug-likeness (QED) is 0.631. The van der Waals surface area contributed by atoms with Crippen LogP contribution in [0.5, 0.6) is 0 Å². The fraction of sp³-hybridized carbons (Fsp3) is 0.500. The Morgan fingerprint density at radius 1 is 1.40 bits per heavy atom. The number of hydrogen-bond acceptors (Lipinski definition) is 4. The van der Waals surface area contributed by atoms with Crippen molar-refractivity contribution in [2.45, 2.75) is 26.7 Å². The van der Waals surface area contributed by atoms with Crippen molar-refractivity contribution in [1.29, 1.82) is 0 Å². The minimum Gasteiger partial charge on any atom is -0.441 e. The molecule has 2 aromatic heterocycles. The molecular weight excluding hydrogens is 404 g/mol. The van der Waals surface area contributed by atoms with Crippen molar-refractivity contribution in [1.82, 2.24) is 10.3 Å². The molecule has 0 radical (unpaired) electrons. The van der Waals surface area contributed by atoms with Gasteiger partial charge in [-0.15, -0.1) is 11.3 Å². The van der Waals surface area contributed by atoms with E-state index in [0.717, 1.165) is 50.7 Å². The second kappa shape index (κ2) is 7.73. The third kappa shape index (κ3) is 4.69. The zero-order valence-corrected chi connectivity index (χ0v) is 15.6. The topological polar surface area (TPSA) is 38.1 Å². The highest BCUT2D eigenvalue weighted by Crippen LogP contribution is 2.38. The van der Waals surface area contributed by atoms with Gasteiger partial charge in [-0.25, -0.2) is 4.98 Å². The summed E-state index contributed by atoms with van der Waals surface area (Å²) in [5.41, 5.74) is 1.05. The molecule has 0 bridgehead atoms. The Balaban J connectivity index is 1.85. The lowest BCUT2D eigenvalue weighted by Crippen LogP contribution is -2.21. The number of rotatable bonds is 7. The molecule has 0 aromatic carbocycles. The number of nitrogens with zero attached hydrogens (tertiary/aromatic N) is 1. The highest BCUT2D eigenvalue weighted by Gasteiger charge is 2.12. The molecule has 0 saturated carbocycles. The molecule has 0 atom stereocenters. The molecule has 0 amide bonds. The number of hydrogen-bond donors (Lipinski definition) is 1. The van der Waals surface area contributed by atoms with E-state index in [-0.39, 0.29) is 0 Å². The van der Waals surface area contributed by atoms with E-state index in [9.17, 15) is 0 Å². The predicted molar refractivity (Wildman–Crippen MR) is 91.2 cm³/mol. The van der Waals surface area contributed by atoms with Gasteiger partial charge in [-0.1, -0.05) is 13.8 Å². The van der Waals surface area contributed by atoms with Gasteiger partial charge in [-0.2, -0.15) is 0 Å². The van der Waals surface area contributed by atoms with Gasteiger partial charge in [-0.05, 0) is 63.4 Å². The van der Waals surface area contributed by atoms with Gasteiger partial charge < -0.3 is 9.73 Å². The average molecular weight is 422 g/mol. The van der Waals surface area contributed by atoms with Crippen molar-refractivity contribution in [2.24, 2.45) is 5.92 Å². The second-order valence-corrected chi connectivity index (χ2v) is 8.81. The smallest absolute Gasteiger partial charge is 0.194 e. The van der Waals surface area contributed by atoms with Gasteiger partial charge in [-0.3, -0.25) is 0 Å². The van der Waals surface area contributed by atoms with Crippen molar-refractivity contribution < 1.29 is 4.42 Å². The number of halogens is 2. The number of aryl methyl sites for hydroxylation is 1. The van der Waals surface area contributed by atoms with Crippen molar-refractivity contribution in [3.8, 4) is 11.3 Å². The van der Waals surface area contributed by atoms with E-state index in [2.05, 4.69) is 56.0 Å².